The molecule has 0 spiro atoms. The Hall–Kier alpha value is -3.42. The molecule has 0 aromatic heterocycles. The van der Waals surface area contributed by atoms with Crippen molar-refractivity contribution in [1.82, 2.24) is 5.32 Å². The third-order valence-corrected chi connectivity index (χ3v) is 3.33. The molecule has 0 aliphatic carbocycles. The van der Waals surface area contributed by atoms with Gasteiger partial charge in [-0.15, -0.1) is 0 Å². The predicted molar refractivity (Wildman–Crippen MR) is 101 cm³/mol. The minimum atomic E-state index is -0.545. The number of nitrogens with zero attached hydrogens (tertiary/aromatic N) is 1. The number of nitrogens with one attached hydrogen (secondary N) is 2. The molecule has 2 rings (SSSR count). The molecule has 2 aromatic rings. The fraction of sp³-hybridized carbons (Fsp3) is 0.263. The summed E-state index contributed by atoms with van der Waals surface area (Å²) < 4.78 is 5.29. The largest absolute Gasteiger partial charge is 0.484 e. The summed E-state index contributed by atoms with van der Waals surface area (Å²) in [5.74, 6) is -0.589. The maximum absolute atomic E-state index is 12.4. The third kappa shape index (κ3) is 6.10. The molecule has 8 heteroatoms. The van der Waals surface area contributed by atoms with E-state index in [1.165, 1.54) is 24.3 Å². The molecule has 0 radical (unpaired) electrons. The lowest BCUT2D eigenvalue weighted by Gasteiger charge is -2.21. The van der Waals surface area contributed by atoms with E-state index >= 15 is 0 Å². The molecule has 0 aliphatic heterocycles. The van der Waals surface area contributed by atoms with Crippen LogP contribution in [0.5, 0.6) is 5.75 Å². The van der Waals surface area contributed by atoms with Crippen LogP contribution in [0.4, 0.5) is 11.4 Å². The molecule has 2 aromatic carbocycles. The van der Waals surface area contributed by atoms with Crippen LogP contribution in [-0.2, 0) is 4.79 Å². The number of hydrogen-bond donors (Lipinski definition) is 2. The molecule has 0 aliphatic rings. The molecule has 0 fully saturated rings. The highest BCUT2D eigenvalue weighted by Crippen LogP contribution is 2.20. The monoisotopic (exact) mass is 371 g/mol. The first-order chi connectivity index (χ1) is 12.7. The second-order valence-corrected chi connectivity index (χ2v) is 6.84. The molecule has 8 nitrogen and oxygen atoms in total. The average molecular weight is 371 g/mol. The van der Waals surface area contributed by atoms with Gasteiger partial charge in [-0.1, -0.05) is 18.2 Å². The van der Waals surface area contributed by atoms with Gasteiger partial charge in [0.05, 0.1) is 22.2 Å². The van der Waals surface area contributed by atoms with Gasteiger partial charge >= 0.3 is 0 Å². The maximum atomic E-state index is 12.4. The number of anilines is 1. The first-order valence-electron chi connectivity index (χ1n) is 8.24. The van der Waals surface area contributed by atoms with Crippen molar-refractivity contribution in [1.29, 1.82) is 0 Å². The van der Waals surface area contributed by atoms with Crippen molar-refractivity contribution in [2.45, 2.75) is 26.3 Å². The Kier molecular flexibility index (Phi) is 6.12. The molecule has 0 saturated carbocycles. The normalized spacial score (nSPS) is 10.8. The maximum Gasteiger partial charge on any atom is 0.273 e. The lowest BCUT2D eigenvalue weighted by Crippen LogP contribution is -2.41. The Morgan fingerprint density at radius 3 is 2.48 bits per heavy atom. The molecular weight excluding hydrogens is 350 g/mol. The number of nitro groups is 1. The predicted octanol–water partition coefficient (Wildman–Crippen LogP) is 3.14. The molecule has 2 amide bonds. The van der Waals surface area contributed by atoms with Crippen molar-refractivity contribution in [3.05, 3.63) is 64.2 Å². The third-order valence-electron chi connectivity index (χ3n) is 3.33. The number of non-ortho nitro benzene ring substituents is 1. The Morgan fingerprint density at radius 2 is 1.81 bits per heavy atom. The molecule has 0 atom stereocenters. The zero-order chi connectivity index (χ0) is 20.0. The van der Waals surface area contributed by atoms with E-state index < -0.39 is 16.4 Å². The van der Waals surface area contributed by atoms with Crippen molar-refractivity contribution in [3.8, 4) is 5.75 Å². The first-order valence-corrected chi connectivity index (χ1v) is 8.24. The summed E-state index contributed by atoms with van der Waals surface area (Å²) in [5.41, 5.74) is 0.138. The summed E-state index contributed by atoms with van der Waals surface area (Å²) in [6.45, 7) is 5.23. The van der Waals surface area contributed by atoms with E-state index in [9.17, 15) is 19.7 Å². The Morgan fingerprint density at radius 1 is 1.11 bits per heavy atom. The molecule has 2 N–H and O–H groups in total. The summed E-state index contributed by atoms with van der Waals surface area (Å²) >= 11 is 0. The van der Waals surface area contributed by atoms with Crippen molar-refractivity contribution >= 4 is 23.2 Å². The minimum absolute atomic E-state index is 0.128. The highest BCUT2D eigenvalue weighted by molar-refractivity contribution is 6.04. The fourth-order valence-electron chi connectivity index (χ4n) is 2.22. The van der Waals surface area contributed by atoms with Crippen molar-refractivity contribution in [2.75, 3.05) is 11.9 Å². The number of para-hydroxylation sites is 1. The van der Waals surface area contributed by atoms with E-state index in [0.29, 0.717) is 11.3 Å². The van der Waals surface area contributed by atoms with Crippen LogP contribution < -0.4 is 15.4 Å². The van der Waals surface area contributed by atoms with Crippen molar-refractivity contribution in [3.63, 3.8) is 0 Å². The van der Waals surface area contributed by atoms with Gasteiger partial charge in [-0.25, -0.2) is 0 Å². The summed E-state index contributed by atoms with van der Waals surface area (Å²) in [4.78, 5) is 34.8. The number of nitro benzene ring substituents is 1. The Bertz CT molecular complexity index is 858. The lowest BCUT2D eigenvalue weighted by molar-refractivity contribution is -0.384. The number of rotatable bonds is 6. The summed E-state index contributed by atoms with van der Waals surface area (Å²) in [6, 6.07) is 12.2. The summed E-state index contributed by atoms with van der Waals surface area (Å²) in [5, 5.41) is 16.2. The molecule has 0 unspecified atom stereocenters. The highest BCUT2D eigenvalue weighted by atomic mass is 16.6. The van der Waals surface area contributed by atoms with Crippen LogP contribution in [0.25, 0.3) is 0 Å². The molecular formula is C19H21N3O5. The molecule has 142 valence electrons. The van der Waals surface area contributed by atoms with Crippen LogP contribution in [0.15, 0.2) is 48.5 Å². The molecule has 27 heavy (non-hydrogen) atoms. The lowest BCUT2D eigenvalue weighted by atomic mass is 10.1. The van der Waals surface area contributed by atoms with Gasteiger partial charge < -0.3 is 15.4 Å². The summed E-state index contributed by atoms with van der Waals surface area (Å²) in [6.07, 6.45) is 0. The van der Waals surface area contributed by atoms with E-state index in [0.717, 1.165) is 0 Å². The van der Waals surface area contributed by atoms with Gasteiger partial charge in [0.25, 0.3) is 17.5 Å². The van der Waals surface area contributed by atoms with Crippen LogP contribution in [0.1, 0.15) is 31.1 Å². The number of carbonyl (C=O) groups excluding carboxylic acids is 2. The number of ether oxygens (including phenoxy) is 1. The zero-order valence-corrected chi connectivity index (χ0v) is 15.3. The smallest absolute Gasteiger partial charge is 0.273 e. The van der Waals surface area contributed by atoms with Gasteiger partial charge in [-0.2, -0.15) is 0 Å². The second-order valence-electron chi connectivity index (χ2n) is 6.84. The van der Waals surface area contributed by atoms with Crippen LogP contribution in [0, 0.1) is 10.1 Å². The highest BCUT2D eigenvalue weighted by Gasteiger charge is 2.18. The SMILES string of the molecule is CC(C)(C)NC(=O)c1ccccc1NC(=O)COc1cccc([N+](=O)[O-])c1. The van der Waals surface area contributed by atoms with Crippen molar-refractivity contribution in [2.24, 2.45) is 0 Å². The fourth-order valence-corrected chi connectivity index (χ4v) is 2.22. The van der Waals surface area contributed by atoms with Gasteiger partial charge in [0.15, 0.2) is 6.61 Å². The number of benzene rings is 2. The van der Waals surface area contributed by atoms with Crippen LogP contribution >= 0.6 is 0 Å². The average Bonchev–Trinajstić information content (AvgIpc) is 2.59. The van der Waals surface area contributed by atoms with Gasteiger partial charge in [-0.3, -0.25) is 19.7 Å². The number of carbonyl (C=O) groups is 2. The summed E-state index contributed by atoms with van der Waals surface area (Å²) in [7, 11) is 0. The topological polar surface area (TPSA) is 111 Å². The first kappa shape index (κ1) is 19.9. The van der Waals surface area contributed by atoms with Gasteiger partial charge in [-0.05, 0) is 39.0 Å². The molecule has 0 bridgehead atoms. The van der Waals surface area contributed by atoms with Gasteiger partial charge in [0, 0.05) is 11.6 Å². The Balaban J connectivity index is 2.03. The van der Waals surface area contributed by atoms with E-state index in [1.807, 2.05) is 20.8 Å². The van der Waals surface area contributed by atoms with Crippen molar-refractivity contribution < 1.29 is 19.2 Å². The van der Waals surface area contributed by atoms with Gasteiger partial charge in [0.2, 0.25) is 0 Å². The van der Waals surface area contributed by atoms with Crippen LogP contribution in [0.3, 0.4) is 0 Å². The van der Waals surface area contributed by atoms with E-state index in [4.69, 9.17) is 4.74 Å². The standard InChI is InChI=1S/C19H21N3O5/c1-19(2,3)21-18(24)15-9-4-5-10-16(15)20-17(23)12-27-14-8-6-7-13(11-14)22(25)26/h4-11H,12H2,1-3H3,(H,20,23)(H,21,24). The second kappa shape index (κ2) is 8.31. The zero-order valence-electron chi connectivity index (χ0n) is 15.3. The van der Waals surface area contributed by atoms with Crippen LogP contribution in [0.2, 0.25) is 0 Å². The van der Waals surface area contributed by atoms with Gasteiger partial charge in [0.1, 0.15) is 5.75 Å². The molecule has 0 heterocycles. The number of amides is 2. The number of hydrogen-bond acceptors (Lipinski definition) is 5. The van der Waals surface area contributed by atoms with E-state index in [2.05, 4.69) is 10.6 Å². The van der Waals surface area contributed by atoms with E-state index in [1.54, 1.807) is 24.3 Å². The molecule has 0 saturated heterocycles. The minimum Gasteiger partial charge on any atom is -0.484 e. The Labute approximate surface area is 156 Å². The van der Waals surface area contributed by atoms with Crippen LogP contribution in [-0.4, -0.2) is 28.9 Å². The van der Waals surface area contributed by atoms with E-state index in [-0.39, 0.29) is 24.0 Å². The quantitative estimate of drug-likeness (QED) is 0.599.